The first-order valence-electron chi connectivity index (χ1n) is 6.96. The van der Waals surface area contributed by atoms with Gasteiger partial charge in [0.1, 0.15) is 17.2 Å². The van der Waals surface area contributed by atoms with Gasteiger partial charge in [0.2, 0.25) is 0 Å². The summed E-state index contributed by atoms with van der Waals surface area (Å²) in [4.78, 5) is 0. The van der Waals surface area contributed by atoms with Gasteiger partial charge in [0.25, 0.3) is 0 Å². The van der Waals surface area contributed by atoms with Crippen LogP contribution in [-0.4, -0.2) is 23.9 Å². The van der Waals surface area contributed by atoms with Gasteiger partial charge in [-0.05, 0) is 33.4 Å². The molecule has 5 nitrogen and oxygen atoms in total. The number of methoxy groups -OCH3 is 1. The third-order valence-corrected chi connectivity index (χ3v) is 3.45. The lowest BCUT2D eigenvalue weighted by atomic mass is 10.0. The van der Waals surface area contributed by atoms with E-state index in [1.807, 2.05) is 25.6 Å². The Balaban J connectivity index is 2.50. The van der Waals surface area contributed by atoms with E-state index in [9.17, 15) is 0 Å². The maximum absolute atomic E-state index is 5.66. The van der Waals surface area contributed by atoms with Crippen molar-refractivity contribution < 1.29 is 9.15 Å². The van der Waals surface area contributed by atoms with E-state index in [0.717, 1.165) is 41.5 Å². The minimum atomic E-state index is 0.0106. The summed E-state index contributed by atoms with van der Waals surface area (Å²) in [5, 5.41) is 7.78. The molecule has 2 rings (SSSR count). The van der Waals surface area contributed by atoms with Crippen LogP contribution in [0.5, 0.6) is 5.75 Å². The Morgan fingerprint density at radius 3 is 2.70 bits per heavy atom. The van der Waals surface area contributed by atoms with E-state index in [1.54, 1.807) is 13.3 Å². The fraction of sp³-hybridized carbons (Fsp3) is 0.533. The number of ether oxygens (including phenoxy) is 1. The molecule has 5 heteroatoms. The molecule has 2 aromatic rings. The van der Waals surface area contributed by atoms with Crippen molar-refractivity contribution in [2.75, 3.05) is 14.2 Å². The van der Waals surface area contributed by atoms with Crippen LogP contribution in [0, 0.1) is 13.8 Å². The number of hydrogen-bond donors (Lipinski definition) is 1. The zero-order valence-corrected chi connectivity index (χ0v) is 12.9. The minimum Gasteiger partial charge on any atom is -0.493 e. The molecular weight excluding hydrogens is 254 g/mol. The van der Waals surface area contributed by atoms with E-state index in [-0.39, 0.29) is 6.04 Å². The second-order valence-electron chi connectivity index (χ2n) is 4.91. The lowest BCUT2D eigenvalue weighted by Crippen LogP contribution is -2.22. The van der Waals surface area contributed by atoms with Crippen molar-refractivity contribution in [2.45, 2.75) is 39.8 Å². The topological polar surface area (TPSA) is 52.2 Å². The summed E-state index contributed by atoms with van der Waals surface area (Å²) in [6.07, 6.45) is 2.80. The van der Waals surface area contributed by atoms with Gasteiger partial charge < -0.3 is 14.5 Å². The Morgan fingerprint density at radius 2 is 2.20 bits per heavy atom. The summed E-state index contributed by atoms with van der Waals surface area (Å²) in [7, 11) is 3.62. The number of nitrogens with zero attached hydrogens (tertiary/aromatic N) is 2. The molecule has 0 amide bonds. The second kappa shape index (κ2) is 6.13. The largest absolute Gasteiger partial charge is 0.493 e. The molecule has 0 aromatic carbocycles. The van der Waals surface area contributed by atoms with Gasteiger partial charge in [-0.15, -0.1) is 0 Å². The van der Waals surface area contributed by atoms with Crippen molar-refractivity contribution in [1.29, 1.82) is 0 Å². The van der Waals surface area contributed by atoms with Gasteiger partial charge in [-0.1, -0.05) is 6.92 Å². The SMILES string of the molecule is CCCn1ncc(OC)c1C(NC)c1cc(C)oc1C. The number of hydrogen-bond acceptors (Lipinski definition) is 4. The van der Waals surface area contributed by atoms with Crippen molar-refractivity contribution >= 4 is 0 Å². The Morgan fingerprint density at radius 1 is 1.45 bits per heavy atom. The van der Waals surface area contributed by atoms with Crippen LogP contribution in [0.1, 0.15) is 42.2 Å². The maximum Gasteiger partial charge on any atom is 0.161 e. The number of aryl methyl sites for hydroxylation is 3. The monoisotopic (exact) mass is 277 g/mol. The highest BCUT2D eigenvalue weighted by molar-refractivity contribution is 5.38. The van der Waals surface area contributed by atoms with Gasteiger partial charge in [0, 0.05) is 12.1 Å². The summed E-state index contributed by atoms with van der Waals surface area (Å²) >= 11 is 0. The number of furan rings is 1. The second-order valence-corrected chi connectivity index (χ2v) is 4.91. The molecule has 2 aromatic heterocycles. The third kappa shape index (κ3) is 2.58. The average molecular weight is 277 g/mol. The van der Waals surface area contributed by atoms with Crippen LogP contribution in [0.15, 0.2) is 16.7 Å². The van der Waals surface area contributed by atoms with Crippen molar-refractivity contribution in [3.05, 3.63) is 35.0 Å². The third-order valence-electron chi connectivity index (χ3n) is 3.45. The fourth-order valence-corrected chi connectivity index (χ4v) is 2.59. The normalized spacial score (nSPS) is 12.7. The molecule has 1 N–H and O–H groups in total. The number of rotatable bonds is 6. The van der Waals surface area contributed by atoms with E-state index in [4.69, 9.17) is 9.15 Å². The van der Waals surface area contributed by atoms with Gasteiger partial charge in [-0.25, -0.2) is 0 Å². The van der Waals surface area contributed by atoms with Crippen LogP contribution in [0.4, 0.5) is 0 Å². The van der Waals surface area contributed by atoms with Crippen LogP contribution >= 0.6 is 0 Å². The van der Waals surface area contributed by atoms with Crippen LogP contribution in [-0.2, 0) is 6.54 Å². The molecule has 0 spiro atoms. The predicted molar refractivity (Wildman–Crippen MR) is 78.2 cm³/mol. The average Bonchev–Trinajstić information content (AvgIpc) is 2.96. The highest BCUT2D eigenvalue weighted by Crippen LogP contribution is 2.32. The highest BCUT2D eigenvalue weighted by Gasteiger charge is 2.25. The fourth-order valence-electron chi connectivity index (χ4n) is 2.59. The zero-order valence-electron chi connectivity index (χ0n) is 12.9. The van der Waals surface area contributed by atoms with Gasteiger partial charge >= 0.3 is 0 Å². The highest BCUT2D eigenvalue weighted by atomic mass is 16.5. The smallest absolute Gasteiger partial charge is 0.161 e. The van der Waals surface area contributed by atoms with Gasteiger partial charge in [0.15, 0.2) is 5.75 Å². The van der Waals surface area contributed by atoms with Crippen LogP contribution in [0.25, 0.3) is 0 Å². The molecular formula is C15H23N3O2. The van der Waals surface area contributed by atoms with Crippen LogP contribution < -0.4 is 10.1 Å². The summed E-state index contributed by atoms with van der Waals surface area (Å²) < 4.78 is 13.1. The molecule has 0 radical (unpaired) electrons. The quantitative estimate of drug-likeness (QED) is 0.882. The van der Waals surface area contributed by atoms with Crippen molar-refractivity contribution in [3.63, 3.8) is 0 Å². The van der Waals surface area contributed by atoms with E-state index in [1.165, 1.54) is 0 Å². The van der Waals surface area contributed by atoms with Crippen LogP contribution in [0.2, 0.25) is 0 Å². The maximum atomic E-state index is 5.66. The summed E-state index contributed by atoms with van der Waals surface area (Å²) in [6, 6.07) is 2.08. The molecule has 0 bridgehead atoms. The van der Waals surface area contributed by atoms with Gasteiger partial charge in [-0.3, -0.25) is 4.68 Å². The summed E-state index contributed by atoms with van der Waals surface area (Å²) in [5.41, 5.74) is 2.17. The molecule has 1 atom stereocenters. The Labute approximate surface area is 119 Å². The Bertz CT molecular complexity index is 572. The molecule has 1 unspecified atom stereocenters. The first-order valence-corrected chi connectivity index (χ1v) is 6.96. The lowest BCUT2D eigenvalue weighted by molar-refractivity contribution is 0.399. The van der Waals surface area contributed by atoms with E-state index < -0.39 is 0 Å². The van der Waals surface area contributed by atoms with Crippen molar-refractivity contribution in [3.8, 4) is 5.75 Å². The molecule has 0 fully saturated rings. The van der Waals surface area contributed by atoms with E-state index in [2.05, 4.69) is 23.4 Å². The van der Waals surface area contributed by atoms with Crippen molar-refractivity contribution in [2.24, 2.45) is 0 Å². The number of nitrogens with one attached hydrogen (secondary N) is 1. The predicted octanol–water partition coefficient (Wildman–Crippen LogP) is 2.82. The zero-order chi connectivity index (χ0) is 14.7. The van der Waals surface area contributed by atoms with Gasteiger partial charge in [0.05, 0.1) is 19.3 Å². The van der Waals surface area contributed by atoms with E-state index in [0.29, 0.717) is 0 Å². The first kappa shape index (κ1) is 14.7. The summed E-state index contributed by atoms with van der Waals surface area (Å²) in [5.74, 6) is 2.64. The van der Waals surface area contributed by atoms with Gasteiger partial charge in [-0.2, -0.15) is 5.10 Å². The Hall–Kier alpha value is -1.75. The molecule has 20 heavy (non-hydrogen) atoms. The standard InChI is InChI=1S/C15H23N3O2/c1-6-7-18-15(13(19-5)9-17-18)14(16-4)12-8-10(2)20-11(12)3/h8-9,14,16H,6-7H2,1-5H3. The first-order chi connectivity index (χ1) is 9.62. The molecule has 2 heterocycles. The van der Waals surface area contributed by atoms with Crippen LogP contribution in [0.3, 0.4) is 0 Å². The molecule has 0 aliphatic carbocycles. The van der Waals surface area contributed by atoms with Crippen molar-refractivity contribution in [1.82, 2.24) is 15.1 Å². The summed E-state index contributed by atoms with van der Waals surface area (Å²) in [6.45, 7) is 6.95. The Kier molecular flexibility index (Phi) is 4.49. The molecule has 110 valence electrons. The molecule has 0 aliphatic heterocycles. The molecule has 0 aliphatic rings. The molecule has 0 saturated heterocycles. The lowest BCUT2D eigenvalue weighted by Gasteiger charge is -2.19. The molecule has 0 saturated carbocycles. The minimum absolute atomic E-state index is 0.0106. The number of aromatic nitrogens is 2. The van der Waals surface area contributed by atoms with E-state index >= 15 is 0 Å².